The highest BCUT2D eigenvalue weighted by molar-refractivity contribution is 7.19. The summed E-state index contributed by atoms with van der Waals surface area (Å²) in [6.45, 7) is 4.06. The van der Waals surface area contributed by atoms with Gasteiger partial charge in [0.25, 0.3) is 0 Å². The first-order valence-corrected chi connectivity index (χ1v) is 6.79. The summed E-state index contributed by atoms with van der Waals surface area (Å²) in [4.78, 5) is 3.41. The molecule has 0 bridgehead atoms. The number of H-pyrrole nitrogens is 1. The van der Waals surface area contributed by atoms with Crippen molar-refractivity contribution in [2.45, 2.75) is 0 Å². The molecule has 2 N–H and O–H groups in total. The molecule has 2 aromatic heterocycles. The molecule has 0 amide bonds. The zero-order valence-electron chi connectivity index (χ0n) is 9.24. The predicted molar refractivity (Wildman–Crippen MR) is 72.0 cm³/mol. The maximum Gasteiger partial charge on any atom is 0.151 e. The lowest BCUT2D eigenvalue weighted by molar-refractivity contribution is 0.584. The van der Waals surface area contributed by atoms with E-state index in [4.69, 9.17) is 11.6 Å². The van der Waals surface area contributed by atoms with Gasteiger partial charge >= 0.3 is 0 Å². The predicted octanol–water partition coefficient (Wildman–Crippen LogP) is 2.20. The number of nitrogens with zero attached hydrogens (tertiary/aromatic N) is 2. The van der Waals surface area contributed by atoms with E-state index in [-0.39, 0.29) is 0 Å². The Morgan fingerprint density at radius 1 is 1.29 bits per heavy atom. The number of thiophene rings is 1. The Balaban J connectivity index is 1.82. The Kier molecular flexibility index (Phi) is 3.05. The van der Waals surface area contributed by atoms with Gasteiger partial charge in [-0.05, 0) is 12.1 Å². The average Bonchev–Trinajstić information content (AvgIpc) is 2.98. The summed E-state index contributed by atoms with van der Waals surface area (Å²) in [5.41, 5.74) is 1.04. The van der Waals surface area contributed by atoms with Crippen LogP contribution in [-0.2, 0) is 0 Å². The highest BCUT2D eigenvalue weighted by atomic mass is 35.5. The normalized spacial score (nSPS) is 16.4. The van der Waals surface area contributed by atoms with Gasteiger partial charge in [0.2, 0.25) is 0 Å². The van der Waals surface area contributed by atoms with E-state index in [0.717, 1.165) is 46.9 Å². The van der Waals surface area contributed by atoms with Crippen molar-refractivity contribution in [3.63, 3.8) is 0 Å². The molecule has 0 unspecified atom stereocenters. The second kappa shape index (κ2) is 4.68. The highest BCUT2D eigenvalue weighted by Gasteiger charge is 2.14. The molecule has 1 aliphatic rings. The van der Waals surface area contributed by atoms with Crippen LogP contribution < -0.4 is 10.2 Å². The first-order chi connectivity index (χ1) is 8.33. The molecule has 0 atom stereocenters. The van der Waals surface area contributed by atoms with Crippen molar-refractivity contribution < 1.29 is 0 Å². The van der Waals surface area contributed by atoms with Crippen molar-refractivity contribution in [2.75, 3.05) is 31.1 Å². The van der Waals surface area contributed by atoms with Crippen LogP contribution in [0, 0.1) is 0 Å². The minimum absolute atomic E-state index is 0.804. The van der Waals surface area contributed by atoms with E-state index in [2.05, 4.69) is 26.5 Å². The van der Waals surface area contributed by atoms with Crippen molar-refractivity contribution in [3.8, 4) is 10.6 Å². The van der Waals surface area contributed by atoms with E-state index in [1.807, 2.05) is 12.1 Å². The monoisotopic (exact) mass is 268 g/mol. The summed E-state index contributed by atoms with van der Waals surface area (Å²) >= 11 is 7.50. The number of hydrogen-bond acceptors (Lipinski definition) is 4. The Bertz CT molecular complexity index is 501. The molecule has 1 saturated heterocycles. The topological polar surface area (TPSA) is 44.0 Å². The number of aromatic amines is 1. The summed E-state index contributed by atoms with van der Waals surface area (Å²) in [6, 6.07) is 6.02. The number of hydrogen-bond donors (Lipinski definition) is 2. The number of piperazine rings is 1. The van der Waals surface area contributed by atoms with Crippen molar-refractivity contribution in [1.82, 2.24) is 15.5 Å². The van der Waals surface area contributed by atoms with Gasteiger partial charge in [-0.1, -0.05) is 11.6 Å². The molecule has 0 spiro atoms. The van der Waals surface area contributed by atoms with E-state index in [1.165, 1.54) is 0 Å². The molecule has 1 aliphatic heterocycles. The Labute approximate surface area is 109 Å². The Hall–Kier alpha value is -1.04. The third-order valence-corrected chi connectivity index (χ3v) is 4.11. The van der Waals surface area contributed by atoms with Gasteiger partial charge in [0, 0.05) is 32.2 Å². The van der Waals surface area contributed by atoms with E-state index in [9.17, 15) is 0 Å². The van der Waals surface area contributed by atoms with Gasteiger partial charge in [-0.15, -0.1) is 11.3 Å². The maximum atomic E-state index is 5.93. The molecule has 0 aromatic carbocycles. The standard InChI is InChI=1S/C11H13ClN4S/c12-10-2-1-9(17-10)8-7-11(15-14-8)16-5-3-13-4-6-16/h1-2,7,13H,3-6H2,(H,14,15). The zero-order valence-corrected chi connectivity index (χ0v) is 10.8. The van der Waals surface area contributed by atoms with Gasteiger partial charge < -0.3 is 10.2 Å². The number of anilines is 1. The molecule has 4 nitrogen and oxygen atoms in total. The van der Waals surface area contributed by atoms with Crippen LogP contribution in [0.5, 0.6) is 0 Å². The molecule has 0 saturated carbocycles. The van der Waals surface area contributed by atoms with Gasteiger partial charge in [-0.2, -0.15) is 5.10 Å². The fourth-order valence-corrected chi connectivity index (χ4v) is 2.96. The number of aromatic nitrogens is 2. The SMILES string of the molecule is Clc1ccc(-c2cc(N3CCNCC3)n[nH]2)s1. The first-order valence-electron chi connectivity index (χ1n) is 5.60. The maximum absolute atomic E-state index is 5.93. The second-order valence-corrected chi connectivity index (χ2v) is 5.70. The van der Waals surface area contributed by atoms with Crippen LogP contribution in [0.25, 0.3) is 10.6 Å². The zero-order chi connectivity index (χ0) is 11.7. The molecular formula is C11H13ClN4S. The molecule has 17 heavy (non-hydrogen) atoms. The molecule has 2 aromatic rings. The average molecular weight is 269 g/mol. The van der Waals surface area contributed by atoms with Crippen molar-refractivity contribution >= 4 is 28.8 Å². The van der Waals surface area contributed by atoms with Gasteiger partial charge in [0.15, 0.2) is 5.82 Å². The fourth-order valence-electron chi connectivity index (χ4n) is 1.95. The summed E-state index contributed by atoms with van der Waals surface area (Å²) in [7, 11) is 0. The van der Waals surface area contributed by atoms with Crippen LogP contribution in [0.3, 0.4) is 0 Å². The van der Waals surface area contributed by atoms with E-state index in [0.29, 0.717) is 0 Å². The van der Waals surface area contributed by atoms with Gasteiger partial charge in [-0.25, -0.2) is 0 Å². The number of nitrogens with one attached hydrogen (secondary N) is 2. The lowest BCUT2D eigenvalue weighted by Crippen LogP contribution is -2.43. The molecule has 1 fully saturated rings. The van der Waals surface area contributed by atoms with Crippen LogP contribution in [0.15, 0.2) is 18.2 Å². The van der Waals surface area contributed by atoms with Crippen LogP contribution in [-0.4, -0.2) is 36.4 Å². The van der Waals surface area contributed by atoms with Crippen molar-refractivity contribution in [2.24, 2.45) is 0 Å². The minimum Gasteiger partial charge on any atom is -0.353 e. The van der Waals surface area contributed by atoms with E-state index >= 15 is 0 Å². The third kappa shape index (κ3) is 2.31. The second-order valence-electron chi connectivity index (χ2n) is 3.98. The minimum atomic E-state index is 0.804. The lowest BCUT2D eigenvalue weighted by atomic mass is 10.3. The van der Waals surface area contributed by atoms with Crippen LogP contribution >= 0.6 is 22.9 Å². The largest absolute Gasteiger partial charge is 0.353 e. The van der Waals surface area contributed by atoms with Crippen molar-refractivity contribution in [1.29, 1.82) is 0 Å². The molecule has 0 radical (unpaired) electrons. The smallest absolute Gasteiger partial charge is 0.151 e. The third-order valence-electron chi connectivity index (χ3n) is 2.84. The fraction of sp³-hybridized carbons (Fsp3) is 0.364. The summed E-state index contributed by atoms with van der Waals surface area (Å²) in [5.74, 6) is 1.02. The first kappa shape index (κ1) is 11.1. The number of halogens is 1. The van der Waals surface area contributed by atoms with Crippen LogP contribution in [0.1, 0.15) is 0 Å². The summed E-state index contributed by atoms with van der Waals surface area (Å²) < 4.78 is 0.804. The highest BCUT2D eigenvalue weighted by Crippen LogP contribution is 2.31. The van der Waals surface area contributed by atoms with E-state index < -0.39 is 0 Å². The van der Waals surface area contributed by atoms with Crippen LogP contribution in [0.2, 0.25) is 4.34 Å². The molecule has 0 aliphatic carbocycles. The van der Waals surface area contributed by atoms with Crippen LogP contribution in [0.4, 0.5) is 5.82 Å². The quantitative estimate of drug-likeness (QED) is 0.878. The van der Waals surface area contributed by atoms with Gasteiger partial charge in [0.1, 0.15) is 0 Å². The number of rotatable bonds is 2. The Morgan fingerprint density at radius 2 is 2.12 bits per heavy atom. The van der Waals surface area contributed by atoms with Crippen molar-refractivity contribution in [3.05, 3.63) is 22.5 Å². The van der Waals surface area contributed by atoms with E-state index in [1.54, 1.807) is 11.3 Å². The molecule has 6 heteroatoms. The Morgan fingerprint density at radius 3 is 2.82 bits per heavy atom. The summed E-state index contributed by atoms with van der Waals surface area (Å²) in [5, 5.41) is 10.8. The van der Waals surface area contributed by atoms with Gasteiger partial charge in [0.05, 0.1) is 14.9 Å². The van der Waals surface area contributed by atoms with Gasteiger partial charge in [-0.3, -0.25) is 5.10 Å². The molecule has 90 valence electrons. The lowest BCUT2D eigenvalue weighted by Gasteiger charge is -2.26. The summed E-state index contributed by atoms with van der Waals surface area (Å²) in [6.07, 6.45) is 0. The molecule has 3 heterocycles. The molecule has 3 rings (SSSR count). The molecular weight excluding hydrogens is 256 g/mol.